The summed E-state index contributed by atoms with van der Waals surface area (Å²) in [5.41, 5.74) is 5.20. The minimum Gasteiger partial charge on any atom is -0.365 e. The lowest BCUT2D eigenvalue weighted by atomic mass is 9.80. The van der Waals surface area contributed by atoms with E-state index < -0.39 is 12.3 Å². The molecule has 11 heteroatoms. The zero-order chi connectivity index (χ0) is 28.0. The third kappa shape index (κ3) is 5.23. The number of hydrogen-bond acceptors (Lipinski definition) is 8. The normalized spacial score (nSPS) is 24.1. The van der Waals surface area contributed by atoms with Crippen molar-refractivity contribution in [3.63, 3.8) is 0 Å². The van der Waals surface area contributed by atoms with Crippen LogP contribution in [0.1, 0.15) is 96.1 Å². The highest BCUT2D eigenvalue weighted by Gasteiger charge is 2.32. The van der Waals surface area contributed by atoms with E-state index in [9.17, 15) is 9.18 Å². The molecule has 2 saturated carbocycles. The zero-order valence-corrected chi connectivity index (χ0v) is 23.7. The number of nitrogens with one attached hydrogen (secondary N) is 3. The molecule has 0 aromatic carbocycles. The fraction of sp³-hybridized carbons (Fsp3) is 0.621. The molecule has 2 atom stereocenters. The van der Waals surface area contributed by atoms with Gasteiger partial charge in [0, 0.05) is 12.6 Å². The molecule has 1 unspecified atom stereocenters. The molecular formula is C29H39FN8O2. The monoisotopic (exact) mass is 550 g/mol. The van der Waals surface area contributed by atoms with Crippen molar-refractivity contribution in [2.75, 3.05) is 5.32 Å². The molecule has 6 rings (SSSR count). The summed E-state index contributed by atoms with van der Waals surface area (Å²) in [6, 6.07) is 2.02. The van der Waals surface area contributed by atoms with Gasteiger partial charge in [-0.05, 0) is 67.9 Å². The Morgan fingerprint density at radius 1 is 1.12 bits per heavy atom. The summed E-state index contributed by atoms with van der Waals surface area (Å²) < 4.78 is 16.8. The molecular weight excluding hydrogens is 511 g/mol. The van der Waals surface area contributed by atoms with Gasteiger partial charge in [0.15, 0.2) is 29.3 Å². The molecule has 3 aromatic rings. The van der Waals surface area contributed by atoms with Crippen molar-refractivity contribution in [3.05, 3.63) is 29.5 Å². The number of rotatable bonds is 8. The van der Waals surface area contributed by atoms with Crippen molar-refractivity contribution >= 4 is 23.1 Å². The summed E-state index contributed by atoms with van der Waals surface area (Å²) in [6.45, 7) is 9.22. The van der Waals surface area contributed by atoms with Gasteiger partial charge in [0.2, 0.25) is 0 Å². The number of halogens is 1. The minimum absolute atomic E-state index is 0.00316. The lowest BCUT2D eigenvalue weighted by Crippen LogP contribution is -2.32. The molecule has 1 aliphatic heterocycles. The van der Waals surface area contributed by atoms with Crippen LogP contribution in [0.25, 0.3) is 22.7 Å². The predicted molar refractivity (Wildman–Crippen MR) is 150 cm³/mol. The van der Waals surface area contributed by atoms with Crippen molar-refractivity contribution in [3.8, 4) is 11.5 Å². The van der Waals surface area contributed by atoms with E-state index >= 15 is 0 Å². The maximum Gasteiger partial charge on any atom is 0.427 e. The van der Waals surface area contributed by atoms with Gasteiger partial charge in [-0.25, -0.2) is 29.1 Å². The number of imidazole rings is 1. The van der Waals surface area contributed by atoms with E-state index in [-0.39, 0.29) is 17.8 Å². The molecule has 10 nitrogen and oxygen atoms in total. The highest BCUT2D eigenvalue weighted by Crippen LogP contribution is 2.36. The third-order valence-corrected chi connectivity index (χ3v) is 8.94. The van der Waals surface area contributed by atoms with E-state index in [4.69, 9.17) is 19.8 Å². The van der Waals surface area contributed by atoms with Crippen LogP contribution in [0.2, 0.25) is 0 Å². The lowest BCUT2D eigenvalue weighted by molar-refractivity contribution is 0.120. The fourth-order valence-electron chi connectivity index (χ4n) is 6.12. The molecule has 3 fully saturated rings. The quantitative estimate of drug-likeness (QED) is 0.321. The average Bonchev–Trinajstić information content (AvgIpc) is 3.48. The highest BCUT2D eigenvalue weighted by molar-refractivity contribution is 5.87. The van der Waals surface area contributed by atoms with Gasteiger partial charge in [0.1, 0.15) is 17.0 Å². The Kier molecular flexibility index (Phi) is 7.33. The van der Waals surface area contributed by atoms with Crippen LogP contribution in [0, 0.1) is 23.6 Å². The Labute approximate surface area is 233 Å². The van der Waals surface area contributed by atoms with Crippen molar-refractivity contribution in [2.24, 2.45) is 17.8 Å². The number of nitrogens with zero attached hydrogens (tertiary/aromatic N) is 5. The number of hydrogen-bond donors (Lipinski definition) is 3. The molecule has 214 valence electrons. The van der Waals surface area contributed by atoms with Gasteiger partial charge in [-0.1, -0.05) is 40.0 Å². The second-order valence-electron chi connectivity index (χ2n) is 12.2. The van der Waals surface area contributed by atoms with Gasteiger partial charge in [-0.2, -0.15) is 0 Å². The van der Waals surface area contributed by atoms with E-state index in [1.165, 1.54) is 38.3 Å². The van der Waals surface area contributed by atoms with Gasteiger partial charge < -0.3 is 14.7 Å². The molecule has 3 aliphatic rings. The second kappa shape index (κ2) is 10.9. The summed E-state index contributed by atoms with van der Waals surface area (Å²) in [7, 11) is 0. The van der Waals surface area contributed by atoms with Crippen molar-refractivity contribution < 1.29 is 14.0 Å². The SMILES string of the molecule is CC1CCC(Cn2c(-c3cc(C(C)C)c(F)cn3)nc3nc(C4NOC(=O)N4)nc(N[C@H](C)C4CCC4)c32)CC1. The molecule has 4 heterocycles. The maximum absolute atomic E-state index is 14.7. The van der Waals surface area contributed by atoms with Crippen LogP contribution in [0.4, 0.5) is 15.0 Å². The largest absolute Gasteiger partial charge is 0.427 e. The van der Waals surface area contributed by atoms with Gasteiger partial charge in [0.25, 0.3) is 0 Å². The van der Waals surface area contributed by atoms with Gasteiger partial charge in [-0.3, -0.25) is 5.32 Å². The summed E-state index contributed by atoms with van der Waals surface area (Å²) in [5, 5.41) is 6.37. The minimum atomic E-state index is -0.693. The average molecular weight is 551 g/mol. The maximum atomic E-state index is 14.7. The van der Waals surface area contributed by atoms with Gasteiger partial charge >= 0.3 is 6.09 Å². The highest BCUT2D eigenvalue weighted by atomic mass is 19.1. The number of fused-ring (bicyclic) bond motifs is 1. The Hall–Kier alpha value is -3.34. The molecule has 0 spiro atoms. The molecule has 0 radical (unpaired) electrons. The summed E-state index contributed by atoms with van der Waals surface area (Å²) in [6.07, 6.45) is 8.33. The van der Waals surface area contributed by atoms with E-state index in [1.807, 2.05) is 19.9 Å². The number of anilines is 1. The van der Waals surface area contributed by atoms with Crippen LogP contribution < -0.4 is 16.1 Å². The third-order valence-electron chi connectivity index (χ3n) is 8.94. The van der Waals surface area contributed by atoms with Crippen LogP contribution in [0.5, 0.6) is 0 Å². The molecule has 0 bridgehead atoms. The number of aromatic nitrogens is 5. The first-order chi connectivity index (χ1) is 19.3. The lowest BCUT2D eigenvalue weighted by Gasteiger charge is -2.32. The van der Waals surface area contributed by atoms with E-state index in [2.05, 4.69) is 39.5 Å². The topological polar surface area (TPSA) is 119 Å². The van der Waals surface area contributed by atoms with Gasteiger partial charge in [0.05, 0.1) is 6.20 Å². The molecule has 40 heavy (non-hydrogen) atoms. The van der Waals surface area contributed by atoms with Crippen LogP contribution in [-0.4, -0.2) is 36.6 Å². The zero-order valence-electron chi connectivity index (χ0n) is 23.7. The van der Waals surface area contributed by atoms with Crippen LogP contribution >= 0.6 is 0 Å². The Balaban J connectivity index is 1.50. The van der Waals surface area contributed by atoms with E-state index in [0.29, 0.717) is 46.2 Å². The Morgan fingerprint density at radius 2 is 1.90 bits per heavy atom. The first-order valence-electron chi connectivity index (χ1n) is 14.7. The van der Waals surface area contributed by atoms with Crippen LogP contribution in [0.3, 0.4) is 0 Å². The Morgan fingerprint density at radius 3 is 2.55 bits per heavy atom. The summed E-state index contributed by atoms with van der Waals surface area (Å²) in [5.74, 6) is 3.18. The molecule has 1 saturated heterocycles. The molecule has 2 aliphatic carbocycles. The number of amides is 1. The standard InChI is InChI=1S/C29H39FN8O2/c1-15(2)20-12-22(31-13-21(20)30)28-35-25-23(38(28)14-18-10-8-16(3)9-11-18)24(32-17(4)19-6-5-7-19)33-26(34-25)27-36-29(39)40-37-27/h12-13,15-19,27,37H,5-11,14H2,1-4H3,(H,36,39)(H,32,33,34)/t16?,17-,18?,27?/m1/s1. The van der Waals surface area contributed by atoms with E-state index in [0.717, 1.165) is 30.8 Å². The number of carbonyl (C=O) groups is 1. The van der Waals surface area contributed by atoms with Crippen LogP contribution in [0.15, 0.2) is 12.3 Å². The molecule has 3 aromatic heterocycles. The summed E-state index contributed by atoms with van der Waals surface area (Å²) >= 11 is 0. The van der Waals surface area contributed by atoms with Crippen molar-refractivity contribution in [2.45, 2.75) is 97.3 Å². The molecule has 1 amide bonds. The molecule has 3 N–H and O–H groups in total. The number of hydroxylamine groups is 1. The summed E-state index contributed by atoms with van der Waals surface area (Å²) in [4.78, 5) is 35.8. The number of carbonyl (C=O) groups excluding carboxylic acids is 1. The first kappa shape index (κ1) is 26.9. The second-order valence-corrected chi connectivity index (χ2v) is 12.2. The smallest absolute Gasteiger partial charge is 0.365 e. The fourth-order valence-corrected chi connectivity index (χ4v) is 6.12. The number of pyridine rings is 1. The van der Waals surface area contributed by atoms with Crippen molar-refractivity contribution in [1.29, 1.82) is 0 Å². The first-order valence-corrected chi connectivity index (χ1v) is 14.7. The van der Waals surface area contributed by atoms with Crippen molar-refractivity contribution in [1.82, 2.24) is 35.3 Å². The van der Waals surface area contributed by atoms with Gasteiger partial charge in [-0.15, -0.1) is 5.48 Å². The van der Waals surface area contributed by atoms with Crippen LogP contribution in [-0.2, 0) is 11.4 Å². The van der Waals surface area contributed by atoms with E-state index in [1.54, 1.807) is 0 Å². The predicted octanol–water partition coefficient (Wildman–Crippen LogP) is 5.82. The Bertz CT molecular complexity index is 1400.